The van der Waals surface area contributed by atoms with Gasteiger partial charge in [-0.25, -0.2) is 13.4 Å². The molecule has 0 aliphatic carbocycles. The fourth-order valence-electron chi connectivity index (χ4n) is 3.71. The molecule has 1 amide bonds. The van der Waals surface area contributed by atoms with E-state index in [4.69, 9.17) is 9.97 Å². The van der Waals surface area contributed by atoms with Gasteiger partial charge in [-0.2, -0.15) is 5.10 Å². The van der Waals surface area contributed by atoms with Crippen LogP contribution in [0.15, 0.2) is 59.5 Å². The van der Waals surface area contributed by atoms with Crippen LogP contribution in [0.25, 0.3) is 22.4 Å². The number of aromatic nitrogens is 4. The second-order valence-electron chi connectivity index (χ2n) is 8.67. The monoisotopic (exact) mass is 489 g/mol. The normalized spacial score (nSPS) is 11.7. The summed E-state index contributed by atoms with van der Waals surface area (Å²) < 4.78 is 24.2. The number of aryl methyl sites for hydroxylation is 1. The Labute approximate surface area is 204 Å². The summed E-state index contributed by atoms with van der Waals surface area (Å²) in [7, 11) is -3.44. The average molecular weight is 490 g/mol. The highest BCUT2D eigenvalue weighted by Gasteiger charge is 2.16. The number of hydrogen-bond acceptors (Lipinski definition) is 7. The number of carbonyl (C=O) groups is 1. The SMILES string of the molecule is CCc1ccc(C(=O)NCc2cc3nc(-c4cccc(C(C)C)n4)ccc3nn2)cc1S(C)(=O)=O. The predicted octanol–water partition coefficient (Wildman–Crippen LogP) is 4.11. The number of nitrogens with one attached hydrogen (secondary N) is 1. The van der Waals surface area contributed by atoms with E-state index >= 15 is 0 Å². The van der Waals surface area contributed by atoms with Crippen LogP contribution in [0.3, 0.4) is 0 Å². The van der Waals surface area contributed by atoms with Crippen molar-refractivity contribution in [2.24, 2.45) is 0 Å². The third-order valence-corrected chi connectivity index (χ3v) is 6.84. The molecule has 35 heavy (non-hydrogen) atoms. The zero-order chi connectivity index (χ0) is 25.2. The number of carbonyl (C=O) groups excluding carboxylic acids is 1. The lowest BCUT2D eigenvalue weighted by atomic mass is 10.1. The summed E-state index contributed by atoms with van der Waals surface area (Å²) >= 11 is 0. The standard InChI is InChI=1S/C26H27N5O3S/c1-5-17-9-10-18(13-25(17)35(4,33)34)26(32)27-15-19-14-24-23(31-30-19)12-11-22(29-24)21-8-6-7-20(28-21)16(2)3/h6-14,16H,5,15H2,1-4H3,(H,27,32). The Kier molecular flexibility index (Phi) is 6.88. The fourth-order valence-corrected chi connectivity index (χ4v) is 4.74. The third-order valence-electron chi connectivity index (χ3n) is 5.66. The lowest BCUT2D eigenvalue weighted by Crippen LogP contribution is -2.24. The third kappa shape index (κ3) is 5.51. The molecule has 0 spiro atoms. The van der Waals surface area contributed by atoms with Crippen LogP contribution in [-0.2, 0) is 22.8 Å². The Morgan fingerprint density at radius 1 is 0.943 bits per heavy atom. The van der Waals surface area contributed by atoms with Gasteiger partial charge in [-0.15, -0.1) is 5.10 Å². The minimum atomic E-state index is -3.44. The summed E-state index contributed by atoms with van der Waals surface area (Å²) in [5, 5.41) is 11.2. The van der Waals surface area contributed by atoms with Crippen LogP contribution < -0.4 is 5.32 Å². The van der Waals surface area contributed by atoms with Crippen LogP contribution in [0.1, 0.15) is 54.0 Å². The predicted molar refractivity (Wildman–Crippen MR) is 135 cm³/mol. The quantitative estimate of drug-likeness (QED) is 0.415. The molecule has 1 N–H and O–H groups in total. The zero-order valence-electron chi connectivity index (χ0n) is 20.1. The van der Waals surface area contributed by atoms with Gasteiger partial charge < -0.3 is 5.32 Å². The Bertz CT molecular complexity index is 1520. The molecule has 0 saturated carbocycles. The number of sulfone groups is 1. The van der Waals surface area contributed by atoms with Crippen molar-refractivity contribution in [1.29, 1.82) is 0 Å². The van der Waals surface area contributed by atoms with E-state index in [1.807, 2.05) is 37.3 Å². The van der Waals surface area contributed by atoms with E-state index in [9.17, 15) is 13.2 Å². The van der Waals surface area contributed by atoms with E-state index in [1.165, 1.54) is 6.07 Å². The molecule has 9 heteroatoms. The van der Waals surface area contributed by atoms with Crippen LogP contribution in [0.2, 0.25) is 0 Å². The van der Waals surface area contributed by atoms with Crippen molar-refractivity contribution in [3.05, 3.63) is 77.1 Å². The highest BCUT2D eigenvalue weighted by atomic mass is 32.2. The first-order chi connectivity index (χ1) is 16.7. The number of benzene rings is 1. The first-order valence-corrected chi connectivity index (χ1v) is 13.3. The topological polar surface area (TPSA) is 115 Å². The molecule has 0 unspecified atom stereocenters. The summed E-state index contributed by atoms with van der Waals surface area (Å²) in [6.07, 6.45) is 1.70. The van der Waals surface area contributed by atoms with Crippen molar-refractivity contribution in [2.45, 2.75) is 44.6 Å². The van der Waals surface area contributed by atoms with Crippen LogP contribution in [0.4, 0.5) is 0 Å². The largest absolute Gasteiger partial charge is 0.346 e. The van der Waals surface area contributed by atoms with Crippen molar-refractivity contribution in [3.8, 4) is 11.4 Å². The molecule has 0 radical (unpaired) electrons. The fraction of sp³-hybridized carbons (Fsp3) is 0.269. The van der Waals surface area contributed by atoms with Gasteiger partial charge in [0, 0.05) is 17.5 Å². The minimum absolute atomic E-state index is 0.124. The van der Waals surface area contributed by atoms with Gasteiger partial charge in [-0.1, -0.05) is 32.9 Å². The van der Waals surface area contributed by atoms with Gasteiger partial charge in [0.25, 0.3) is 5.91 Å². The van der Waals surface area contributed by atoms with Crippen molar-refractivity contribution < 1.29 is 13.2 Å². The summed E-state index contributed by atoms with van der Waals surface area (Å²) in [6.45, 7) is 6.18. The van der Waals surface area contributed by atoms with Gasteiger partial charge in [0.05, 0.1) is 34.0 Å². The molecule has 3 heterocycles. The Balaban J connectivity index is 1.55. The number of rotatable bonds is 7. The maximum Gasteiger partial charge on any atom is 0.251 e. The second kappa shape index (κ2) is 9.87. The van der Waals surface area contributed by atoms with Gasteiger partial charge in [0.15, 0.2) is 9.84 Å². The van der Waals surface area contributed by atoms with E-state index in [-0.39, 0.29) is 17.0 Å². The molecule has 0 bridgehead atoms. The molecule has 8 nitrogen and oxygen atoms in total. The smallest absolute Gasteiger partial charge is 0.251 e. The molecule has 0 fully saturated rings. The molecule has 4 aromatic rings. The Morgan fingerprint density at radius 2 is 1.71 bits per heavy atom. The average Bonchev–Trinajstić information content (AvgIpc) is 2.85. The molecule has 0 aliphatic rings. The van der Waals surface area contributed by atoms with E-state index in [1.54, 1.807) is 18.2 Å². The van der Waals surface area contributed by atoms with Gasteiger partial charge >= 0.3 is 0 Å². The number of nitrogens with zero attached hydrogens (tertiary/aromatic N) is 4. The first-order valence-electron chi connectivity index (χ1n) is 11.4. The molecule has 0 saturated heterocycles. The van der Waals surface area contributed by atoms with Crippen LogP contribution in [-0.4, -0.2) is 40.7 Å². The maximum absolute atomic E-state index is 12.7. The van der Waals surface area contributed by atoms with Crippen molar-refractivity contribution in [2.75, 3.05) is 6.26 Å². The molecule has 1 aromatic carbocycles. The van der Waals surface area contributed by atoms with Crippen molar-refractivity contribution in [3.63, 3.8) is 0 Å². The highest BCUT2D eigenvalue weighted by Crippen LogP contribution is 2.22. The van der Waals surface area contributed by atoms with Crippen LogP contribution in [0.5, 0.6) is 0 Å². The van der Waals surface area contributed by atoms with E-state index in [0.717, 1.165) is 23.3 Å². The molecule has 0 aliphatic heterocycles. The Morgan fingerprint density at radius 3 is 2.43 bits per heavy atom. The lowest BCUT2D eigenvalue weighted by Gasteiger charge is -2.10. The zero-order valence-corrected chi connectivity index (χ0v) is 20.9. The van der Waals surface area contributed by atoms with E-state index < -0.39 is 15.7 Å². The summed E-state index contributed by atoms with van der Waals surface area (Å²) in [5.74, 6) is -0.0842. The molecule has 0 atom stereocenters. The summed E-state index contributed by atoms with van der Waals surface area (Å²) in [5.41, 5.74) is 5.27. The summed E-state index contributed by atoms with van der Waals surface area (Å²) in [4.78, 5) is 22.3. The molecular weight excluding hydrogens is 462 g/mol. The maximum atomic E-state index is 12.7. The second-order valence-corrected chi connectivity index (χ2v) is 10.7. The van der Waals surface area contributed by atoms with Crippen molar-refractivity contribution >= 4 is 26.8 Å². The van der Waals surface area contributed by atoms with Crippen LogP contribution in [0, 0.1) is 0 Å². The van der Waals surface area contributed by atoms with Crippen LogP contribution >= 0.6 is 0 Å². The van der Waals surface area contributed by atoms with Gasteiger partial charge in [0.1, 0.15) is 5.52 Å². The van der Waals surface area contributed by atoms with E-state index in [0.29, 0.717) is 34.6 Å². The number of pyridine rings is 2. The molecule has 180 valence electrons. The number of amides is 1. The molecular formula is C26H27N5O3S. The minimum Gasteiger partial charge on any atom is -0.346 e. The lowest BCUT2D eigenvalue weighted by molar-refractivity contribution is 0.0950. The molecule has 3 aromatic heterocycles. The number of fused-ring (bicyclic) bond motifs is 1. The first kappa shape index (κ1) is 24.4. The molecule has 4 rings (SSSR count). The van der Waals surface area contributed by atoms with Gasteiger partial charge in [-0.05, 0) is 60.4 Å². The number of hydrogen-bond donors (Lipinski definition) is 1. The highest BCUT2D eigenvalue weighted by molar-refractivity contribution is 7.90. The van der Waals surface area contributed by atoms with Gasteiger partial charge in [-0.3, -0.25) is 9.78 Å². The van der Waals surface area contributed by atoms with Gasteiger partial charge in [0.2, 0.25) is 0 Å². The van der Waals surface area contributed by atoms with E-state index in [2.05, 4.69) is 29.4 Å². The van der Waals surface area contributed by atoms with Crippen molar-refractivity contribution in [1.82, 2.24) is 25.5 Å². The Hall–Kier alpha value is -3.72. The summed E-state index contributed by atoms with van der Waals surface area (Å²) in [6, 6.07) is 16.1.